The minimum atomic E-state index is 0.244. The molecule has 1 atom stereocenters. The molecule has 0 radical (unpaired) electrons. The largest absolute Gasteiger partial charge is 0.396 e. The first kappa shape index (κ1) is 11.0. The normalized spacial score (nSPS) is 22.4. The minimum Gasteiger partial charge on any atom is -0.396 e. The van der Waals surface area contributed by atoms with E-state index < -0.39 is 0 Å². The van der Waals surface area contributed by atoms with Crippen LogP contribution in [0, 0.1) is 11.3 Å². The van der Waals surface area contributed by atoms with Gasteiger partial charge >= 0.3 is 0 Å². The van der Waals surface area contributed by atoms with Gasteiger partial charge in [-0.05, 0) is 39.3 Å². The molecule has 1 fully saturated rings. The van der Waals surface area contributed by atoms with Crippen molar-refractivity contribution >= 4 is 0 Å². The van der Waals surface area contributed by atoms with E-state index >= 15 is 0 Å². The second kappa shape index (κ2) is 3.97. The Hall–Kier alpha value is -0.0800. The highest BCUT2D eigenvalue weighted by Crippen LogP contribution is 2.51. The summed E-state index contributed by atoms with van der Waals surface area (Å²) in [5.74, 6) is 0.719. The highest BCUT2D eigenvalue weighted by atomic mass is 16.3. The summed E-state index contributed by atoms with van der Waals surface area (Å²) in [5, 5.41) is 9.36. The van der Waals surface area contributed by atoms with E-state index in [9.17, 15) is 5.11 Å². The van der Waals surface area contributed by atoms with Gasteiger partial charge in [-0.2, -0.15) is 0 Å². The van der Waals surface area contributed by atoms with E-state index in [2.05, 4.69) is 32.8 Å². The number of hydrogen-bond acceptors (Lipinski definition) is 2. The Bertz CT molecular complexity index is 161. The number of aliphatic hydroxyl groups excluding tert-OH is 1. The molecule has 1 saturated carbocycles. The molecule has 13 heavy (non-hydrogen) atoms. The Balaban J connectivity index is 2.57. The van der Waals surface area contributed by atoms with Crippen molar-refractivity contribution in [3.8, 4) is 0 Å². The molecule has 0 saturated heterocycles. The van der Waals surface area contributed by atoms with Crippen LogP contribution in [-0.4, -0.2) is 36.8 Å². The molecule has 1 aliphatic carbocycles. The molecule has 1 unspecified atom stereocenters. The minimum absolute atomic E-state index is 0.244. The van der Waals surface area contributed by atoms with Gasteiger partial charge in [0, 0.05) is 11.5 Å². The molecule has 0 aromatic rings. The van der Waals surface area contributed by atoms with Gasteiger partial charge < -0.3 is 10.0 Å². The molecule has 1 rings (SSSR count). The van der Waals surface area contributed by atoms with Crippen LogP contribution in [0.5, 0.6) is 0 Å². The van der Waals surface area contributed by atoms with Gasteiger partial charge in [-0.3, -0.25) is 0 Å². The van der Waals surface area contributed by atoms with Crippen LogP contribution in [0.25, 0.3) is 0 Å². The van der Waals surface area contributed by atoms with E-state index in [1.54, 1.807) is 0 Å². The number of nitrogens with zero attached hydrogens (tertiary/aromatic N) is 1. The average molecular weight is 185 g/mol. The Morgan fingerprint density at radius 3 is 2.08 bits per heavy atom. The maximum Gasteiger partial charge on any atom is 0.0502 e. The number of aliphatic hydroxyl groups is 1. The summed E-state index contributed by atoms with van der Waals surface area (Å²) in [7, 11) is 4.26. The molecule has 2 nitrogen and oxygen atoms in total. The average Bonchev–Trinajstić information content (AvgIpc) is 2.80. The van der Waals surface area contributed by atoms with Crippen LogP contribution < -0.4 is 0 Å². The van der Waals surface area contributed by atoms with Gasteiger partial charge in [0.2, 0.25) is 0 Å². The zero-order chi connectivity index (χ0) is 10.1. The first-order valence-electron chi connectivity index (χ1n) is 5.29. The van der Waals surface area contributed by atoms with Crippen molar-refractivity contribution in [3.63, 3.8) is 0 Å². The monoisotopic (exact) mass is 185 g/mol. The van der Waals surface area contributed by atoms with Gasteiger partial charge in [0.15, 0.2) is 0 Å². The van der Waals surface area contributed by atoms with Gasteiger partial charge in [0.05, 0.1) is 6.61 Å². The molecule has 1 aliphatic rings. The molecular formula is C11H23NO. The SMILES string of the molecule is CC(C)CC(N(C)C)C1(CO)CC1. The van der Waals surface area contributed by atoms with Crippen LogP contribution in [0.3, 0.4) is 0 Å². The first-order chi connectivity index (χ1) is 6.02. The summed E-state index contributed by atoms with van der Waals surface area (Å²) in [6.07, 6.45) is 3.62. The molecule has 78 valence electrons. The maximum atomic E-state index is 9.36. The number of hydrogen-bond donors (Lipinski definition) is 1. The Labute approximate surface area is 81.9 Å². The lowest BCUT2D eigenvalue weighted by Crippen LogP contribution is -2.39. The lowest BCUT2D eigenvalue weighted by molar-refractivity contribution is 0.101. The molecule has 0 aliphatic heterocycles. The van der Waals surface area contributed by atoms with Crippen molar-refractivity contribution in [2.24, 2.45) is 11.3 Å². The Morgan fingerprint density at radius 2 is 1.85 bits per heavy atom. The summed E-state index contributed by atoms with van der Waals surface area (Å²) in [4.78, 5) is 2.28. The second-order valence-corrected chi connectivity index (χ2v) is 5.13. The fourth-order valence-corrected chi connectivity index (χ4v) is 2.21. The standard InChI is InChI=1S/C11H23NO/c1-9(2)7-10(12(3)4)11(8-13)5-6-11/h9-10,13H,5-8H2,1-4H3. The highest BCUT2D eigenvalue weighted by molar-refractivity contribution is 5.01. The van der Waals surface area contributed by atoms with E-state index in [-0.39, 0.29) is 5.41 Å². The fourth-order valence-electron chi connectivity index (χ4n) is 2.21. The molecular weight excluding hydrogens is 162 g/mol. The molecule has 0 aromatic carbocycles. The molecule has 0 aromatic heterocycles. The van der Waals surface area contributed by atoms with Crippen LogP contribution >= 0.6 is 0 Å². The van der Waals surface area contributed by atoms with E-state index in [0.29, 0.717) is 12.6 Å². The van der Waals surface area contributed by atoms with E-state index in [4.69, 9.17) is 0 Å². The van der Waals surface area contributed by atoms with Crippen LogP contribution in [0.15, 0.2) is 0 Å². The molecule has 0 bridgehead atoms. The van der Waals surface area contributed by atoms with Gasteiger partial charge in [-0.25, -0.2) is 0 Å². The maximum absolute atomic E-state index is 9.36. The fraction of sp³-hybridized carbons (Fsp3) is 1.00. The third kappa shape index (κ3) is 2.44. The van der Waals surface area contributed by atoms with Crippen molar-refractivity contribution in [3.05, 3.63) is 0 Å². The van der Waals surface area contributed by atoms with Gasteiger partial charge in [-0.15, -0.1) is 0 Å². The van der Waals surface area contributed by atoms with Crippen LogP contribution in [0.2, 0.25) is 0 Å². The van der Waals surface area contributed by atoms with Gasteiger partial charge in [0.1, 0.15) is 0 Å². The van der Waals surface area contributed by atoms with Crippen molar-refractivity contribution in [1.82, 2.24) is 4.90 Å². The zero-order valence-electron chi connectivity index (χ0n) is 9.38. The highest BCUT2D eigenvalue weighted by Gasteiger charge is 2.49. The predicted octanol–water partition coefficient (Wildman–Crippen LogP) is 1.74. The van der Waals surface area contributed by atoms with E-state index in [0.717, 1.165) is 5.92 Å². The number of rotatable bonds is 5. The van der Waals surface area contributed by atoms with Crippen LogP contribution in [0.4, 0.5) is 0 Å². The Kier molecular flexibility index (Phi) is 3.36. The van der Waals surface area contributed by atoms with Crippen molar-refractivity contribution < 1.29 is 5.11 Å². The Morgan fingerprint density at radius 1 is 1.31 bits per heavy atom. The van der Waals surface area contributed by atoms with Gasteiger partial charge in [0.25, 0.3) is 0 Å². The topological polar surface area (TPSA) is 23.5 Å². The van der Waals surface area contributed by atoms with Crippen molar-refractivity contribution in [2.75, 3.05) is 20.7 Å². The first-order valence-corrected chi connectivity index (χ1v) is 5.29. The van der Waals surface area contributed by atoms with Crippen LogP contribution in [0.1, 0.15) is 33.1 Å². The van der Waals surface area contributed by atoms with E-state index in [1.165, 1.54) is 19.3 Å². The summed E-state index contributed by atoms with van der Waals surface area (Å²) in [6, 6.07) is 0.567. The lowest BCUT2D eigenvalue weighted by Gasteiger charge is -2.32. The van der Waals surface area contributed by atoms with Crippen LogP contribution in [-0.2, 0) is 0 Å². The van der Waals surface area contributed by atoms with E-state index in [1.807, 2.05) is 0 Å². The summed E-state index contributed by atoms with van der Waals surface area (Å²) >= 11 is 0. The second-order valence-electron chi connectivity index (χ2n) is 5.13. The molecule has 0 heterocycles. The molecule has 1 N–H and O–H groups in total. The summed E-state index contributed by atoms with van der Waals surface area (Å²) < 4.78 is 0. The third-order valence-corrected chi connectivity index (χ3v) is 3.23. The quantitative estimate of drug-likeness (QED) is 0.705. The smallest absolute Gasteiger partial charge is 0.0502 e. The summed E-state index contributed by atoms with van der Waals surface area (Å²) in [5.41, 5.74) is 0.244. The molecule has 2 heteroatoms. The van der Waals surface area contributed by atoms with Crippen molar-refractivity contribution in [2.45, 2.75) is 39.2 Å². The van der Waals surface area contributed by atoms with Crippen molar-refractivity contribution in [1.29, 1.82) is 0 Å². The predicted molar refractivity (Wildman–Crippen MR) is 55.7 cm³/mol. The molecule has 0 amide bonds. The summed E-state index contributed by atoms with van der Waals surface area (Å²) in [6.45, 7) is 4.87. The van der Waals surface area contributed by atoms with Gasteiger partial charge in [-0.1, -0.05) is 13.8 Å². The molecule has 0 spiro atoms. The lowest BCUT2D eigenvalue weighted by atomic mass is 9.89. The third-order valence-electron chi connectivity index (χ3n) is 3.23. The zero-order valence-corrected chi connectivity index (χ0v) is 9.38.